The van der Waals surface area contributed by atoms with E-state index in [1.165, 1.54) is 10.4 Å². The smallest absolute Gasteiger partial charge is 0.122 e. The van der Waals surface area contributed by atoms with Crippen LogP contribution < -0.4 is 5.32 Å². The molecule has 4 heteroatoms. The highest BCUT2D eigenvalue weighted by atomic mass is 32.1. The monoisotopic (exact) mass is 306 g/mol. The van der Waals surface area contributed by atoms with E-state index in [2.05, 4.69) is 54.6 Å². The van der Waals surface area contributed by atoms with Gasteiger partial charge in [0.25, 0.3) is 0 Å². The molecule has 2 heterocycles. The van der Waals surface area contributed by atoms with Gasteiger partial charge < -0.3 is 9.73 Å². The van der Waals surface area contributed by atoms with Gasteiger partial charge in [0.2, 0.25) is 0 Å². The zero-order valence-corrected chi connectivity index (χ0v) is 14.1. The maximum Gasteiger partial charge on any atom is 0.122 e. The van der Waals surface area contributed by atoms with Gasteiger partial charge in [-0.2, -0.15) is 0 Å². The maximum absolute atomic E-state index is 5.72. The van der Waals surface area contributed by atoms with Gasteiger partial charge >= 0.3 is 0 Å². The summed E-state index contributed by atoms with van der Waals surface area (Å²) in [7, 11) is 0. The lowest BCUT2D eigenvalue weighted by molar-refractivity contribution is 0.188. The van der Waals surface area contributed by atoms with Gasteiger partial charge in [0.15, 0.2) is 0 Å². The van der Waals surface area contributed by atoms with E-state index < -0.39 is 0 Å². The lowest BCUT2D eigenvalue weighted by Crippen LogP contribution is -2.30. The van der Waals surface area contributed by atoms with Crippen LogP contribution in [0.2, 0.25) is 0 Å². The number of furan rings is 1. The van der Waals surface area contributed by atoms with Gasteiger partial charge in [-0.05, 0) is 44.3 Å². The molecular formula is C17H26N2OS. The Morgan fingerprint density at radius 2 is 2.14 bits per heavy atom. The van der Waals surface area contributed by atoms with Gasteiger partial charge in [-0.15, -0.1) is 11.3 Å². The van der Waals surface area contributed by atoms with Gasteiger partial charge in [-0.1, -0.05) is 13.0 Å². The van der Waals surface area contributed by atoms with Crippen LogP contribution >= 0.6 is 11.3 Å². The minimum Gasteiger partial charge on any atom is -0.468 e. The van der Waals surface area contributed by atoms with Gasteiger partial charge in [0.1, 0.15) is 5.76 Å². The van der Waals surface area contributed by atoms with Crippen molar-refractivity contribution in [3.63, 3.8) is 0 Å². The summed E-state index contributed by atoms with van der Waals surface area (Å²) in [6.45, 7) is 10.5. The third kappa shape index (κ3) is 4.99. The van der Waals surface area contributed by atoms with Crippen LogP contribution in [0.15, 0.2) is 34.3 Å². The number of hydrogen-bond donors (Lipinski definition) is 1. The second-order valence-electron chi connectivity index (χ2n) is 5.62. The summed E-state index contributed by atoms with van der Waals surface area (Å²) >= 11 is 1.82. The Balaban J connectivity index is 1.98. The summed E-state index contributed by atoms with van der Waals surface area (Å²) < 4.78 is 5.72. The molecular weight excluding hydrogens is 280 g/mol. The highest BCUT2D eigenvalue weighted by Gasteiger charge is 2.15. The molecule has 0 aliphatic carbocycles. The van der Waals surface area contributed by atoms with Crippen molar-refractivity contribution in [1.29, 1.82) is 0 Å². The molecule has 2 aromatic heterocycles. The first-order chi connectivity index (χ1) is 10.2. The fraction of sp³-hybridized carbons (Fsp3) is 0.529. The molecule has 2 aromatic rings. The normalized spacial score (nSPS) is 11.7. The van der Waals surface area contributed by atoms with Crippen molar-refractivity contribution >= 4 is 11.3 Å². The third-order valence-electron chi connectivity index (χ3n) is 3.60. The van der Waals surface area contributed by atoms with Crippen molar-refractivity contribution < 1.29 is 4.42 Å². The number of nitrogens with one attached hydrogen (secondary N) is 1. The second-order valence-corrected chi connectivity index (χ2v) is 6.66. The second kappa shape index (κ2) is 8.37. The van der Waals surface area contributed by atoms with E-state index in [0.29, 0.717) is 6.04 Å². The van der Waals surface area contributed by atoms with Crippen molar-refractivity contribution in [3.8, 4) is 0 Å². The van der Waals surface area contributed by atoms with Crippen LogP contribution in [0.5, 0.6) is 0 Å². The Kier molecular flexibility index (Phi) is 6.49. The quantitative estimate of drug-likeness (QED) is 0.702. The number of thiophene rings is 1. The first-order valence-corrected chi connectivity index (χ1v) is 8.61. The van der Waals surface area contributed by atoms with Gasteiger partial charge in [0, 0.05) is 29.6 Å². The molecule has 0 radical (unpaired) electrons. The van der Waals surface area contributed by atoms with Crippen molar-refractivity contribution in [2.45, 2.75) is 52.9 Å². The summed E-state index contributed by atoms with van der Waals surface area (Å²) in [4.78, 5) is 3.86. The summed E-state index contributed by atoms with van der Waals surface area (Å²) in [5.74, 6) is 1.09. The fourth-order valence-corrected chi connectivity index (χ4v) is 3.00. The first kappa shape index (κ1) is 16.3. The van der Waals surface area contributed by atoms with E-state index in [-0.39, 0.29) is 0 Å². The molecule has 0 atom stereocenters. The van der Waals surface area contributed by atoms with Crippen molar-refractivity contribution in [2.75, 3.05) is 6.54 Å². The highest BCUT2D eigenvalue weighted by molar-refractivity contribution is 7.09. The average Bonchev–Trinajstić information content (AvgIpc) is 3.10. The molecule has 3 nitrogen and oxygen atoms in total. The Labute approximate surface area is 132 Å². The summed E-state index contributed by atoms with van der Waals surface area (Å²) in [5, 5.41) is 5.59. The Bertz CT molecular complexity index is 505. The molecule has 2 rings (SSSR count). The Morgan fingerprint density at radius 1 is 1.29 bits per heavy atom. The van der Waals surface area contributed by atoms with Crippen LogP contribution in [-0.4, -0.2) is 17.5 Å². The highest BCUT2D eigenvalue weighted by Crippen LogP contribution is 2.19. The molecule has 0 aromatic carbocycles. The predicted molar refractivity (Wildman–Crippen MR) is 89.4 cm³/mol. The van der Waals surface area contributed by atoms with Crippen molar-refractivity contribution in [3.05, 3.63) is 46.0 Å². The van der Waals surface area contributed by atoms with E-state index in [4.69, 9.17) is 4.42 Å². The van der Waals surface area contributed by atoms with Crippen molar-refractivity contribution in [1.82, 2.24) is 10.2 Å². The molecule has 0 saturated heterocycles. The standard InChI is InChI=1S/C17H26N2OS/c1-4-8-18-11-15-7-9-20-17(15)13-19(14(2)3)12-16-6-5-10-21-16/h5-7,9-10,14,18H,4,8,11-13H2,1-3H3. The molecule has 0 saturated carbocycles. The zero-order chi connectivity index (χ0) is 15.1. The fourth-order valence-electron chi connectivity index (χ4n) is 2.27. The summed E-state index contributed by atoms with van der Waals surface area (Å²) in [6, 6.07) is 6.90. The summed E-state index contributed by atoms with van der Waals surface area (Å²) in [6.07, 6.45) is 2.96. The van der Waals surface area contributed by atoms with E-state index in [1.54, 1.807) is 0 Å². The molecule has 0 bridgehead atoms. The third-order valence-corrected chi connectivity index (χ3v) is 4.46. The Hall–Kier alpha value is -1.10. The molecule has 116 valence electrons. The van der Waals surface area contributed by atoms with E-state index in [0.717, 1.165) is 38.4 Å². The van der Waals surface area contributed by atoms with Crippen LogP contribution in [0.1, 0.15) is 43.4 Å². The van der Waals surface area contributed by atoms with Crippen molar-refractivity contribution in [2.24, 2.45) is 0 Å². The number of nitrogens with zero attached hydrogens (tertiary/aromatic N) is 1. The van der Waals surface area contributed by atoms with Gasteiger partial charge in [0.05, 0.1) is 12.8 Å². The van der Waals surface area contributed by atoms with Gasteiger partial charge in [-0.25, -0.2) is 0 Å². The van der Waals surface area contributed by atoms with Crippen LogP contribution in [-0.2, 0) is 19.6 Å². The molecule has 0 spiro atoms. The molecule has 21 heavy (non-hydrogen) atoms. The van der Waals surface area contributed by atoms with Gasteiger partial charge in [-0.3, -0.25) is 4.90 Å². The molecule has 0 fully saturated rings. The predicted octanol–water partition coefficient (Wildman–Crippen LogP) is 4.25. The van der Waals surface area contributed by atoms with E-state index in [9.17, 15) is 0 Å². The van der Waals surface area contributed by atoms with Crippen LogP contribution in [0.3, 0.4) is 0 Å². The van der Waals surface area contributed by atoms with Crippen LogP contribution in [0, 0.1) is 0 Å². The molecule has 1 N–H and O–H groups in total. The lowest BCUT2D eigenvalue weighted by atomic mass is 10.2. The minimum absolute atomic E-state index is 0.494. The maximum atomic E-state index is 5.72. The molecule has 0 unspecified atom stereocenters. The van der Waals surface area contributed by atoms with E-state index in [1.807, 2.05) is 17.6 Å². The average molecular weight is 306 g/mol. The molecule has 0 aliphatic heterocycles. The van der Waals surface area contributed by atoms with E-state index >= 15 is 0 Å². The van der Waals surface area contributed by atoms with Crippen LogP contribution in [0.25, 0.3) is 0 Å². The minimum atomic E-state index is 0.494. The first-order valence-electron chi connectivity index (χ1n) is 7.73. The lowest BCUT2D eigenvalue weighted by Gasteiger charge is -2.25. The zero-order valence-electron chi connectivity index (χ0n) is 13.3. The molecule has 0 amide bonds. The largest absolute Gasteiger partial charge is 0.468 e. The molecule has 0 aliphatic rings. The Morgan fingerprint density at radius 3 is 2.81 bits per heavy atom. The summed E-state index contributed by atoms with van der Waals surface area (Å²) in [5.41, 5.74) is 1.28. The van der Waals surface area contributed by atoms with Crippen LogP contribution in [0.4, 0.5) is 0 Å². The SMILES string of the molecule is CCCNCc1ccoc1CN(Cc1cccs1)C(C)C. The topological polar surface area (TPSA) is 28.4 Å². The number of hydrogen-bond acceptors (Lipinski definition) is 4. The number of rotatable bonds is 9.